The fourth-order valence-electron chi connectivity index (χ4n) is 2.87. The van der Waals surface area contributed by atoms with Crippen molar-refractivity contribution < 1.29 is 14.3 Å². The summed E-state index contributed by atoms with van der Waals surface area (Å²) < 4.78 is 12.2. The van der Waals surface area contributed by atoms with Crippen molar-refractivity contribution >= 4 is 22.7 Å². The molecule has 1 saturated heterocycles. The zero-order valence-corrected chi connectivity index (χ0v) is 13.5. The van der Waals surface area contributed by atoms with E-state index in [0.29, 0.717) is 5.56 Å². The van der Waals surface area contributed by atoms with E-state index >= 15 is 0 Å². The van der Waals surface area contributed by atoms with Crippen LogP contribution in [0.2, 0.25) is 0 Å². The van der Waals surface area contributed by atoms with Gasteiger partial charge in [-0.05, 0) is 19.3 Å². The molecular weight excluding hydrogens is 296 g/mol. The van der Waals surface area contributed by atoms with E-state index in [2.05, 4.69) is 22.3 Å². The third kappa shape index (κ3) is 3.14. The first kappa shape index (κ1) is 15.7. The number of fused-ring (bicyclic) bond motifs is 1. The average Bonchev–Trinajstić information content (AvgIpc) is 2.99. The van der Waals surface area contributed by atoms with Gasteiger partial charge in [-0.25, -0.2) is 14.5 Å². The molecular formula is C16H22N4O3. The Morgan fingerprint density at radius 2 is 2.22 bits per heavy atom. The minimum Gasteiger partial charge on any atom is -0.465 e. The monoisotopic (exact) mass is 318 g/mol. The van der Waals surface area contributed by atoms with Gasteiger partial charge in [0.2, 0.25) is 0 Å². The summed E-state index contributed by atoms with van der Waals surface area (Å²) in [6.45, 7) is 4.35. The summed E-state index contributed by atoms with van der Waals surface area (Å²) >= 11 is 0. The van der Waals surface area contributed by atoms with Crippen molar-refractivity contribution in [1.29, 1.82) is 0 Å². The number of nitrogens with zero attached hydrogens (tertiary/aromatic N) is 3. The molecule has 2 aromatic rings. The van der Waals surface area contributed by atoms with Crippen LogP contribution in [0.25, 0.3) is 11.0 Å². The first-order chi connectivity index (χ1) is 11.2. The lowest BCUT2D eigenvalue weighted by atomic mass is 10.1. The van der Waals surface area contributed by atoms with E-state index < -0.39 is 5.97 Å². The second kappa shape index (κ2) is 6.95. The van der Waals surface area contributed by atoms with Crippen molar-refractivity contribution in [3.63, 3.8) is 0 Å². The quantitative estimate of drug-likeness (QED) is 0.852. The zero-order valence-electron chi connectivity index (χ0n) is 13.5. The number of methoxy groups -OCH3 is 1. The number of ether oxygens (including phenoxy) is 2. The number of pyridine rings is 1. The smallest absolute Gasteiger partial charge is 0.341 e. The lowest BCUT2D eigenvalue weighted by Crippen LogP contribution is -2.28. The molecule has 3 heterocycles. The van der Waals surface area contributed by atoms with E-state index in [4.69, 9.17) is 9.47 Å². The lowest BCUT2D eigenvalue weighted by molar-refractivity contribution is 0.0601. The minimum atomic E-state index is -0.391. The first-order valence-electron chi connectivity index (χ1n) is 8.01. The molecule has 0 saturated carbocycles. The van der Waals surface area contributed by atoms with Crippen LogP contribution in [0.1, 0.15) is 36.5 Å². The topological polar surface area (TPSA) is 78.3 Å². The molecule has 124 valence electrons. The van der Waals surface area contributed by atoms with E-state index in [0.717, 1.165) is 55.7 Å². The van der Waals surface area contributed by atoms with Crippen LogP contribution < -0.4 is 5.32 Å². The van der Waals surface area contributed by atoms with Gasteiger partial charge in [-0.15, -0.1) is 0 Å². The van der Waals surface area contributed by atoms with Gasteiger partial charge < -0.3 is 14.8 Å². The highest BCUT2D eigenvalue weighted by Crippen LogP contribution is 2.28. The molecule has 0 aliphatic carbocycles. The molecule has 1 aliphatic heterocycles. The molecule has 1 aliphatic rings. The highest BCUT2D eigenvalue weighted by atomic mass is 16.5. The predicted molar refractivity (Wildman–Crippen MR) is 86.6 cm³/mol. The number of carbonyl (C=O) groups is 1. The molecule has 0 aromatic carbocycles. The van der Waals surface area contributed by atoms with Gasteiger partial charge in [-0.3, -0.25) is 0 Å². The number of nitrogens with one attached hydrogen (secondary N) is 1. The number of carbonyl (C=O) groups excluding carboxylic acids is 1. The Morgan fingerprint density at radius 3 is 2.91 bits per heavy atom. The maximum absolute atomic E-state index is 12.1. The predicted octanol–water partition coefficient (Wildman–Crippen LogP) is 2.22. The highest BCUT2D eigenvalue weighted by molar-refractivity contribution is 6.04. The van der Waals surface area contributed by atoms with Gasteiger partial charge >= 0.3 is 5.97 Å². The number of hydrogen-bond donors (Lipinski definition) is 1. The van der Waals surface area contributed by atoms with Crippen molar-refractivity contribution in [1.82, 2.24) is 14.8 Å². The van der Waals surface area contributed by atoms with E-state index in [1.807, 2.05) is 4.68 Å². The molecule has 0 spiro atoms. The van der Waals surface area contributed by atoms with Crippen molar-refractivity contribution in [2.24, 2.45) is 0 Å². The van der Waals surface area contributed by atoms with Crippen LogP contribution in [0, 0.1) is 0 Å². The van der Waals surface area contributed by atoms with Crippen LogP contribution in [0.15, 0.2) is 12.4 Å². The molecule has 7 nitrogen and oxygen atoms in total. The zero-order chi connectivity index (χ0) is 16.2. The molecule has 1 fully saturated rings. The summed E-state index contributed by atoms with van der Waals surface area (Å²) in [6.07, 6.45) is 6.14. The molecule has 2 aromatic heterocycles. The van der Waals surface area contributed by atoms with Crippen molar-refractivity contribution in [3.8, 4) is 0 Å². The van der Waals surface area contributed by atoms with Crippen LogP contribution in [-0.2, 0) is 16.0 Å². The SMILES string of the molecule is CCCn1ncc2c(NC3CCOCC3)c(C(=O)OC)cnc21. The number of hydrogen-bond acceptors (Lipinski definition) is 6. The largest absolute Gasteiger partial charge is 0.465 e. The molecule has 0 unspecified atom stereocenters. The fraction of sp³-hybridized carbons (Fsp3) is 0.562. The summed E-state index contributed by atoms with van der Waals surface area (Å²) in [5.41, 5.74) is 1.99. The molecule has 0 radical (unpaired) electrons. The van der Waals surface area contributed by atoms with Crippen molar-refractivity contribution in [2.75, 3.05) is 25.6 Å². The van der Waals surface area contributed by atoms with E-state index in [-0.39, 0.29) is 6.04 Å². The number of rotatable bonds is 5. The van der Waals surface area contributed by atoms with Gasteiger partial charge in [0.25, 0.3) is 0 Å². The van der Waals surface area contributed by atoms with Gasteiger partial charge in [-0.2, -0.15) is 5.10 Å². The Hall–Kier alpha value is -2.15. The van der Waals surface area contributed by atoms with E-state index in [9.17, 15) is 4.79 Å². The summed E-state index contributed by atoms with van der Waals surface area (Å²) in [4.78, 5) is 16.5. The standard InChI is InChI=1S/C16H22N4O3/c1-3-6-20-15-12(10-18-20)14(13(9-17-15)16(21)22-2)19-11-4-7-23-8-5-11/h9-11H,3-8H2,1-2H3,(H,17,19). The van der Waals surface area contributed by atoms with E-state index in [1.54, 1.807) is 12.4 Å². The Balaban J connectivity index is 2.03. The van der Waals surface area contributed by atoms with Crippen molar-refractivity contribution in [3.05, 3.63) is 18.0 Å². The Morgan fingerprint density at radius 1 is 1.43 bits per heavy atom. The molecule has 1 N–H and O–H groups in total. The Labute approximate surface area is 135 Å². The molecule has 7 heteroatoms. The number of esters is 1. The normalized spacial score (nSPS) is 15.7. The molecule has 3 rings (SSSR count). The van der Waals surface area contributed by atoms with Gasteiger partial charge in [-0.1, -0.05) is 6.92 Å². The summed E-state index contributed by atoms with van der Waals surface area (Å²) in [6, 6.07) is 0.271. The highest BCUT2D eigenvalue weighted by Gasteiger charge is 2.22. The van der Waals surface area contributed by atoms with Crippen LogP contribution in [0.5, 0.6) is 0 Å². The third-order valence-electron chi connectivity index (χ3n) is 4.08. The fourth-order valence-corrected chi connectivity index (χ4v) is 2.87. The molecule has 0 amide bonds. The second-order valence-corrected chi connectivity index (χ2v) is 5.67. The maximum atomic E-state index is 12.1. The molecule has 0 atom stereocenters. The lowest BCUT2D eigenvalue weighted by Gasteiger charge is -2.25. The Kier molecular flexibility index (Phi) is 4.76. The average molecular weight is 318 g/mol. The summed E-state index contributed by atoms with van der Waals surface area (Å²) in [7, 11) is 1.38. The summed E-state index contributed by atoms with van der Waals surface area (Å²) in [5, 5.41) is 8.75. The van der Waals surface area contributed by atoms with Crippen molar-refractivity contribution in [2.45, 2.75) is 38.8 Å². The van der Waals surface area contributed by atoms with E-state index in [1.165, 1.54) is 7.11 Å². The second-order valence-electron chi connectivity index (χ2n) is 5.67. The minimum absolute atomic E-state index is 0.271. The molecule has 0 bridgehead atoms. The van der Waals surface area contributed by atoms with Crippen LogP contribution in [0.3, 0.4) is 0 Å². The maximum Gasteiger partial charge on any atom is 0.341 e. The van der Waals surface area contributed by atoms with Crippen LogP contribution >= 0.6 is 0 Å². The Bertz CT molecular complexity index is 692. The van der Waals surface area contributed by atoms with Gasteiger partial charge in [0.05, 0.1) is 24.4 Å². The van der Waals surface area contributed by atoms with Gasteiger partial charge in [0.15, 0.2) is 5.65 Å². The van der Waals surface area contributed by atoms with Gasteiger partial charge in [0, 0.05) is 32.0 Å². The van der Waals surface area contributed by atoms with Crippen LogP contribution in [-0.4, -0.2) is 47.1 Å². The van der Waals surface area contributed by atoms with Crippen LogP contribution in [0.4, 0.5) is 5.69 Å². The number of anilines is 1. The molecule has 23 heavy (non-hydrogen) atoms. The summed E-state index contributed by atoms with van der Waals surface area (Å²) in [5.74, 6) is -0.391. The third-order valence-corrected chi connectivity index (χ3v) is 4.08. The first-order valence-corrected chi connectivity index (χ1v) is 8.01. The van der Waals surface area contributed by atoms with Gasteiger partial charge in [0.1, 0.15) is 5.56 Å². The number of aromatic nitrogens is 3. The number of aryl methyl sites for hydroxylation is 1.